The van der Waals surface area contributed by atoms with E-state index in [1.165, 1.54) is 0 Å². The lowest BCUT2D eigenvalue weighted by Crippen LogP contribution is -2.22. The Balaban J connectivity index is 3.15. The minimum Gasteiger partial charge on any atom is -0.480 e. The van der Waals surface area contributed by atoms with E-state index in [4.69, 9.17) is 5.11 Å². The second-order valence-corrected chi connectivity index (χ2v) is 1.85. The van der Waals surface area contributed by atoms with Crippen molar-refractivity contribution >= 4 is 5.97 Å². The van der Waals surface area contributed by atoms with Crippen molar-refractivity contribution in [3.63, 3.8) is 0 Å². The van der Waals surface area contributed by atoms with Crippen molar-refractivity contribution in [3.05, 3.63) is 12.2 Å². The van der Waals surface area contributed by atoms with Gasteiger partial charge >= 0.3 is 5.97 Å². The molecule has 0 heterocycles. The minimum atomic E-state index is -1.73. The standard InChI is InChI=1S/C6H9F2NO2/c7-5(8)2-1-3-9-4-6(10)11/h2,9H,1,3-4H2,(H,10,11). The van der Waals surface area contributed by atoms with E-state index in [0.29, 0.717) is 0 Å². The summed E-state index contributed by atoms with van der Waals surface area (Å²) in [6.07, 6.45) is -0.841. The van der Waals surface area contributed by atoms with Gasteiger partial charge in [-0.1, -0.05) is 0 Å². The number of carbonyl (C=O) groups is 1. The fraction of sp³-hybridized carbons (Fsp3) is 0.500. The zero-order valence-electron chi connectivity index (χ0n) is 5.81. The van der Waals surface area contributed by atoms with E-state index in [0.717, 1.165) is 6.08 Å². The maximum atomic E-state index is 11.3. The predicted molar refractivity (Wildman–Crippen MR) is 35.4 cm³/mol. The Morgan fingerprint density at radius 2 is 2.18 bits per heavy atom. The van der Waals surface area contributed by atoms with E-state index in [1.807, 2.05) is 0 Å². The molecule has 0 aliphatic heterocycles. The average Bonchev–Trinajstić information content (AvgIpc) is 1.85. The first-order valence-corrected chi connectivity index (χ1v) is 3.06. The highest BCUT2D eigenvalue weighted by Crippen LogP contribution is 1.96. The number of nitrogens with one attached hydrogen (secondary N) is 1. The quantitative estimate of drug-likeness (QED) is 0.593. The van der Waals surface area contributed by atoms with Gasteiger partial charge in [0.2, 0.25) is 0 Å². The van der Waals surface area contributed by atoms with Crippen LogP contribution in [0.5, 0.6) is 0 Å². The molecule has 0 atom stereocenters. The molecule has 0 saturated carbocycles. The Morgan fingerprint density at radius 3 is 2.64 bits per heavy atom. The molecule has 0 rings (SSSR count). The Labute approximate surface area is 62.7 Å². The van der Waals surface area contributed by atoms with Crippen LogP contribution in [0, 0.1) is 0 Å². The van der Waals surface area contributed by atoms with Crippen LogP contribution < -0.4 is 5.32 Å². The van der Waals surface area contributed by atoms with Crippen LogP contribution in [-0.4, -0.2) is 24.2 Å². The van der Waals surface area contributed by atoms with Crippen molar-refractivity contribution in [2.75, 3.05) is 13.1 Å². The highest BCUT2D eigenvalue weighted by molar-refractivity contribution is 5.68. The van der Waals surface area contributed by atoms with Crippen LogP contribution in [0.25, 0.3) is 0 Å². The van der Waals surface area contributed by atoms with Gasteiger partial charge in [0.05, 0.1) is 6.54 Å². The first-order chi connectivity index (χ1) is 5.13. The number of halogens is 2. The lowest BCUT2D eigenvalue weighted by Gasteiger charge is -1.95. The summed E-state index contributed by atoms with van der Waals surface area (Å²) in [6.45, 7) is 0.0609. The normalized spacial score (nSPS) is 9.27. The van der Waals surface area contributed by atoms with E-state index in [9.17, 15) is 13.6 Å². The largest absolute Gasteiger partial charge is 0.480 e. The topological polar surface area (TPSA) is 49.3 Å². The van der Waals surface area contributed by atoms with Gasteiger partial charge in [-0.25, -0.2) is 0 Å². The molecular formula is C6H9F2NO2. The summed E-state index contributed by atoms with van der Waals surface area (Å²) in [4.78, 5) is 9.87. The molecule has 0 unspecified atom stereocenters. The van der Waals surface area contributed by atoms with E-state index in [-0.39, 0.29) is 19.5 Å². The Morgan fingerprint density at radius 1 is 1.55 bits per heavy atom. The van der Waals surface area contributed by atoms with Crippen LogP contribution in [-0.2, 0) is 4.79 Å². The summed E-state index contributed by atoms with van der Waals surface area (Å²) < 4.78 is 22.7. The lowest BCUT2D eigenvalue weighted by molar-refractivity contribution is -0.135. The fourth-order valence-electron chi connectivity index (χ4n) is 0.479. The van der Waals surface area contributed by atoms with Crippen LogP contribution in [0.1, 0.15) is 6.42 Å². The fourth-order valence-corrected chi connectivity index (χ4v) is 0.479. The Bertz CT molecular complexity index is 155. The van der Waals surface area contributed by atoms with Gasteiger partial charge in [0.15, 0.2) is 0 Å². The first-order valence-electron chi connectivity index (χ1n) is 3.06. The van der Waals surface area contributed by atoms with E-state index < -0.39 is 12.0 Å². The minimum absolute atomic E-state index is 0.148. The molecule has 0 amide bonds. The molecule has 0 bridgehead atoms. The summed E-state index contributed by atoms with van der Waals surface area (Å²) in [6, 6.07) is 0. The van der Waals surface area contributed by atoms with Crippen molar-refractivity contribution in [2.24, 2.45) is 0 Å². The highest BCUT2D eigenvalue weighted by atomic mass is 19.3. The zero-order chi connectivity index (χ0) is 8.69. The maximum Gasteiger partial charge on any atom is 0.317 e. The third-order valence-corrected chi connectivity index (χ3v) is 0.896. The van der Waals surface area contributed by atoms with Crippen LogP contribution in [0.4, 0.5) is 8.78 Å². The Hall–Kier alpha value is -0.970. The number of aliphatic carboxylic acids is 1. The molecule has 0 aromatic rings. The molecule has 0 aromatic carbocycles. The molecule has 2 N–H and O–H groups in total. The van der Waals surface area contributed by atoms with Crippen LogP contribution in [0.15, 0.2) is 12.2 Å². The molecule has 0 aliphatic carbocycles. The van der Waals surface area contributed by atoms with Crippen molar-refractivity contribution < 1.29 is 18.7 Å². The van der Waals surface area contributed by atoms with Crippen molar-refractivity contribution in [1.29, 1.82) is 0 Å². The van der Waals surface area contributed by atoms with Gasteiger partial charge in [-0.2, -0.15) is 8.78 Å². The van der Waals surface area contributed by atoms with Gasteiger partial charge in [-0.3, -0.25) is 4.79 Å². The number of hydrogen-bond donors (Lipinski definition) is 2. The monoisotopic (exact) mass is 165 g/mol. The molecular weight excluding hydrogens is 156 g/mol. The highest BCUT2D eigenvalue weighted by Gasteiger charge is 1.93. The first kappa shape index (κ1) is 10.0. The van der Waals surface area contributed by atoms with Crippen molar-refractivity contribution in [3.8, 4) is 0 Å². The lowest BCUT2D eigenvalue weighted by atomic mass is 10.4. The van der Waals surface area contributed by atoms with Gasteiger partial charge in [0.25, 0.3) is 6.08 Å². The number of rotatable bonds is 5. The van der Waals surface area contributed by atoms with Gasteiger partial charge in [-0.05, 0) is 19.0 Å². The molecule has 0 aromatic heterocycles. The second-order valence-electron chi connectivity index (χ2n) is 1.85. The van der Waals surface area contributed by atoms with Gasteiger partial charge < -0.3 is 10.4 Å². The van der Waals surface area contributed by atoms with E-state index >= 15 is 0 Å². The number of carboxylic acids is 1. The SMILES string of the molecule is O=C(O)CNCCC=C(F)F. The zero-order valence-corrected chi connectivity index (χ0v) is 5.81. The molecule has 11 heavy (non-hydrogen) atoms. The van der Waals surface area contributed by atoms with Gasteiger partial charge in [0.1, 0.15) is 0 Å². The molecule has 64 valence electrons. The van der Waals surface area contributed by atoms with Crippen molar-refractivity contribution in [1.82, 2.24) is 5.32 Å². The van der Waals surface area contributed by atoms with E-state index in [2.05, 4.69) is 5.32 Å². The van der Waals surface area contributed by atoms with Gasteiger partial charge in [-0.15, -0.1) is 0 Å². The number of hydrogen-bond acceptors (Lipinski definition) is 2. The number of carboxylic acid groups (broad SMARTS) is 1. The molecule has 0 aliphatic rings. The second kappa shape index (κ2) is 5.79. The summed E-state index contributed by atoms with van der Waals surface area (Å²) in [5.41, 5.74) is 0. The molecule has 5 heteroatoms. The summed E-state index contributed by atoms with van der Waals surface area (Å²) in [7, 11) is 0. The third kappa shape index (κ3) is 9.03. The maximum absolute atomic E-state index is 11.3. The van der Waals surface area contributed by atoms with E-state index in [1.54, 1.807) is 0 Å². The van der Waals surface area contributed by atoms with Crippen molar-refractivity contribution in [2.45, 2.75) is 6.42 Å². The molecule has 0 saturated heterocycles. The molecule has 0 fully saturated rings. The summed E-state index contributed by atoms with van der Waals surface area (Å²) in [5.74, 6) is -0.991. The summed E-state index contributed by atoms with van der Waals surface area (Å²) >= 11 is 0. The summed E-state index contributed by atoms with van der Waals surface area (Å²) in [5, 5.41) is 10.6. The molecule has 0 spiro atoms. The molecule has 0 radical (unpaired) electrons. The predicted octanol–water partition coefficient (Wildman–Crippen LogP) is 0.831. The van der Waals surface area contributed by atoms with Gasteiger partial charge in [0, 0.05) is 0 Å². The molecule has 3 nitrogen and oxygen atoms in total. The average molecular weight is 165 g/mol. The smallest absolute Gasteiger partial charge is 0.317 e. The van der Waals surface area contributed by atoms with Crippen LogP contribution >= 0.6 is 0 Å². The van der Waals surface area contributed by atoms with Crippen LogP contribution in [0.2, 0.25) is 0 Å². The van der Waals surface area contributed by atoms with Crippen LogP contribution in [0.3, 0.4) is 0 Å². The third-order valence-electron chi connectivity index (χ3n) is 0.896. The Kier molecular flexibility index (Phi) is 5.28.